The second-order valence-corrected chi connectivity index (χ2v) is 7.76. The number of hydrogen-bond donors (Lipinski definition) is 0. The largest absolute Gasteiger partial charge is 0.336 e. The summed E-state index contributed by atoms with van der Waals surface area (Å²) in [7, 11) is 0. The van der Waals surface area contributed by atoms with E-state index in [9.17, 15) is 4.79 Å². The maximum atomic E-state index is 13.0. The van der Waals surface area contributed by atoms with Crippen LogP contribution in [0.2, 0.25) is 0 Å². The molecule has 0 spiro atoms. The molecule has 2 aromatic rings. The third-order valence-electron chi connectivity index (χ3n) is 5.90. The van der Waals surface area contributed by atoms with Crippen LogP contribution in [0, 0.1) is 6.92 Å². The molecule has 1 aliphatic carbocycles. The average molecular weight is 364 g/mol. The Labute approximate surface area is 161 Å². The number of amides is 1. The van der Waals surface area contributed by atoms with Crippen molar-refractivity contribution in [1.82, 2.24) is 20.0 Å². The lowest BCUT2D eigenvalue weighted by molar-refractivity contribution is 0.0523. The molecule has 5 nitrogen and oxygen atoms in total. The number of nitrogens with zero attached hydrogens (tertiary/aromatic N) is 4. The summed E-state index contributed by atoms with van der Waals surface area (Å²) in [6.07, 6.45) is 6.76. The van der Waals surface area contributed by atoms with Crippen molar-refractivity contribution < 1.29 is 4.79 Å². The van der Waals surface area contributed by atoms with Gasteiger partial charge in [-0.2, -0.15) is 10.2 Å². The van der Waals surface area contributed by atoms with Crippen molar-refractivity contribution in [3.8, 4) is 11.3 Å². The summed E-state index contributed by atoms with van der Waals surface area (Å²) in [5.41, 5.74) is 3.37. The monoisotopic (exact) mass is 364 g/mol. The molecule has 1 aromatic heterocycles. The van der Waals surface area contributed by atoms with Gasteiger partial charge in [0.25, 0.3) is 5.91 Å². The number of aromatic nitrogens is 2. The number of rotatable bonds is 3. The average Bonchev–Trinajstić information content (AvgIpc) is 2.75. The van der Waals surface area contributed by atoms with Crippen molar-refractivity contribution in [2.24, 2.45) is 0 Å². The lowest BCUT2D eigenvalue weighted by atomic mass is 9.94. The molecule has 5 heteroatoms. The summed E-state index contributed by atoms with van der Waals surface area (Å²) < 4.78 is 0. The Bertz CT molecular complexity index is 775. The highest BCUT2D eigenvalue weighted by molar-refractivity contribution is 5.95. The van der Waals surface area contributed by atoms with Gasteiger partial charge in [-0.15, -0.1) is 0 Å². The first-order chi connectivity index (χ1) is 13.2. The van der Waals surface area contributed by atoms with Crippen molar-refractivity contribution in [3.63, 3.8) is 0 Å². The molecule has 27 heavy (non-hydrogen) atoms. The quantitative estimate of drug-likeness (QED) is 0.836. The predicted molar refractivity (Wildman–Crippen MR) is 107 cm³/mol. The molecule has 2 fully saturated rings. The van der Waals surface area contributed by atoms with E-state index in [2.05, 4.69) is 15.1 Å². The summed E-state index contributed by atoms with van der Waals surface area (Å²) in [5.74, 6) is 0.125. The van der Waals surface area contributed by atoms with Gasteiger partial charge in [0.1, 0.15) is 0 Å². The summed E-state index contributed by atoms with van der Waals surface area (Å²) in [4.78, 5) is 17.6. The standard InChI is InChI=1S/C22H28N4O/c1-17-10-11-21(24-23-17)18-6-5-7-19(16-18)22(27)26-14-12-25(13-15-26)20-8-3-2-4-9-20/h5-7,10-11,16,20H,2-4,8-9,12-15H2,1H3. The number of carbonyl (C=O) groups is 1. The van der Waals surface area contributed by atoms with E-state index in [-0.39, 0.29) is 5.91 Å². The Hall–Kier alpha value is -2.27. The number of hydrogen-bond acceptors (Lipinski definition) is 4. The van der Waals surface area contributed by atoms with Crippen molar-refractivity contribution in [2.45, 2.75) is 45.1 Å². The van der Waals surface area contributed by atoms with Crippen LogP contribution < -0.4 is 0 Å². The summed E-state index contributed by atoms with van der Waals surface area (Å²) in [5, 5.41) is 8.36. The van der Waals surface area contributed by atoms with E-state index in [4.69, 9.17) is 0 Å². The third kappa shape index (κ3) is 4.19. The van der Waals surface area contributed by atoms with Crippen LogP contribution in [0.1, 0.15) is 48.2 Å². The number of aryl methyl sites for hydroxylation is 1. The molecule has 1 amide bonds. The molecule has 2 aliphatic rings. The van der Waals surface area contributed by atoms with E-state index in [1.807, 2.05) is 48.2 Å². The van der Waals surface area contributed by atoms with Gasteiger partial charge in [-0.25, -0.2) is 0 Å². The van der Waals surface area contributed by atoms with Crippen molar-refractivity contribution >= 4 is 5.91 Å². The van der Waals surface area contributed by atoms with Crippen LogP contribution in [0.4, 0.5) is 0 Å². The first-order valence-electron chi connectivity index (χ1n) is 10.1. The van der Waals surface area contributed by atoms with Crippen molar-refractivity contribution in [2.75, 3.05) is 26.2 Å². The van der Waals surface area contributed by atoms with E-state index in [0.29, 0.717) is 0 Å². The fraction of sp³-hybridized carbons (Fsp3) is 0.500. The van der Waals surface area contributed by atoms with Crippen LogP contribution in [-0.2, 0) is 0 Å². The summed E-state index contributed by atoms with van der Waals surface area (Å²) in [6.45, 7) is 5.57. The highest BCUT2D eigenvalue weighted by Crippen LogP contribution is 2.24. The van der Waals surface area contributed by atoms with E-state index < -0.39 is 0 Å². The fourth-order valence-electron chi connectivity index (χ4n) is 4.28. The second kappa shape index (κ2) is 8.17. The van der Waals surface area contributed by atoms with Gasteiger partial charge in [0, 0.05) is 43.3 Å². The Balaban J connectivity index is 1.41. The topological polar surface area (TPSA) is 49.3 Å². The molecule has 4 rings (SSSR count). The minimum Gasteiger partial charge on any atom is -0.336 e. The highest BCUT2D eigenvalue weighted by Gasteiger charge is 2.27. The van der Waals surface area contributed by atoms with Crippen molar-refractivity contribution in [1.29, 1.82) is 0 Å². The Morgan fingerprint density at radius 2 is 1.74 bits per heavy atom. The van der Waals surface area contributed by atoms with Crippen LogP contribution in [0.5, 0.6) is 0 Å². The zero-order valence-electron chi connectivity index (χ0n) is 16.1. The van der Waals surface area contributed by atoms with Gasteiger partial charge in [-0.1, -0.05) is 31.4 Å². The number of benzene rings is 1. The molecule has 1 saturated carbocycles. The van der Waals surface area contributed by atoms with Crippen molar-refractivity contribution in [3.05, 3.63) is 47.7 Å². The van der Waals surface area contributed by atoms with Crippen LogP contribution in [0.15, 0.2) is 36.4 Å². The smallest absolute Gasteiger partial charge is 0.253 e. The Morgan fingerprint density at radius 3 is 2.44 bits per heavy atom. The van der Waals surface area contributed by atoms with Gasteiger partial charge in [-0.3, -0.25) is 9.69 Å². The molecule has 1 aliphatic heterocycles. The molecule has 0 N–H and O–H groups in total. The highest BCUT2D eigenvalue weighted by atomic mass is 16.2. The fourth-order valence-corrected chi connectivity index (χ4v) is 4.28. The van der Waals surface area contributed by atoms with Crippen LogP contribution >= 0.6 is 0 Å². The normalized spacial score (nSPS) is 19.2. The van der Waals surface area contributed by atoms with Gasteiger partial charge in [0.2, 0.25) is 0 Å². The molecule has 0 atom stereocenters. The van der Waals surface area contributed by atoms with E-state index in [1.54, 1.807) is 0 Å². The van der Waals surface area contributed by atoms with Gasteiger partial charge in [-0.05, 0) is 44.0 Å². The summed E-state index contributed by atoms with van der Waals surface area (Å²) >= 11 is 0. The maximum absolute atomic E-state index is 13.0. The zero-order valence-corrected chi connectivity index (χ0v) is 16.1. The second-order valence-electron chi connectivity index (χ2n) is 7.76. The molecule has 142 valence electrons. The molecular weight excluding hydrogens is 336 g/mol. The van der Waals surface area contributed by atoms with E-state index >= 15 is 0 Å². The minimum atomic E-state index is 0.125. The predicted octanol–water partition coefficient (Wildman–Crippen LogP) is 3.54. The van der Waals surface area contributed by atoms with Gasteiger partial charge < -0.3 is 4.90 Å². The van der Waals surface area contributed by atoms with E-state index in [1.165, 1.54) is 32.1 Å². The minimum absolute atomic E-state index is 0.125. The van der Waals surface area contributed by atoms with E-state index in [0.717, 1.165) is 54.7 Å². The number of carbonyl (C=O) groups excluding carboxylic acids is 1. The lowest BCUT2D eigenvalue weighted by Crippen LogP contribution is -2.52. The van der Waals surface area contributed by atoms with Crippen LogP contribution in [-0.4, -0.2) is 58.1 Å². The van der Waals surface area contributed by atoms with Gasteiger partial charge >= 0.3 is 0 Å². The number of piperazine rings is 1. The maximum Gasteiger partial charge on any atom is 0.253 e. The summed E-state index contributed by atoms with van der Waals surface area (Å²) in [6, 6.07) is 12.4. The van der Waals surface area contributed by atoms with Gasteiger partial charge in [0.15, 0.2) is 0 Å². The first kappa shape index (κ1) is 18.1. The SMILES string of the molecule is Cc1ccc(-c2cccc(C(=O)N3CCN(C4CCCCC4)CC3)c2)nn1. The van der Waals surface area contributed by atoms with Crippen LogP contribution in [0.25, 0.3) is 11.3 Å². The zero-order chi connectivity index (χ0) is 18.6. The molecule has 1 saturated heterocycles. The third-order valence-corrected chi connectivity index (χ3v) is 5.90. The Kier molecular flexibility index (Phi) is 5.48. The molecule has 0 unspecified atom stereocenters. The Morgan fingerprint density at radius 1 is 0.963 bits per heavy atom. The first-order valence-corrected chi connectivity index (χ1v) is 10.1. The molecule has 2 heterocycles. The molecule has 0 radical (unpaired) electrons. The molecule has 1 aromatic carbocycles. The van der Waals surface area contributed by atoms with Gasteiger partial charge in [0.05, 0.1) is 11.4 Å². The lowest BCUT2D eigenvalue weighted by Gasteiger charge is -2.40. The molecule has 0 bridgehead atoms. The van der Waals surface area contributed by atoms with Crippen LogP contribution in [0.3, 0.4) is 0 Å². The molecular formula is C22H28N4O.